The van der Waals surface area contributed by atoms with E-state index in [2.05, 4.69) is 17.1 Å². The van der Waals surface area contributed by atoms with Crippen molar-refractivity contribution in [2.75, 3.05) is 19.6 Å². The summed E-state index contributed by atoms with van der Waals surface area (Å²) in [6, 6.07) is 4.61. The van der Waals surface area contributed by atoms with Crippen molar-refractivity contribution < 1.29 is 25.2 Å². The number of phenolic OH excluding ortho intramolecular Hbond substituents is 1. The zero-order valence-electron chi connectivity index (χ0n) is 17.8. The van der Waals surface area contributed by atoms with E-state index in [1.807, 2.05) is 13.0 Å². The highest BCUT2D eigenvalue weighted by molar-refractivity contribution is 5.69. The van der Waals surface area contributed by atoms with Gasteiger partial charge in [-0.1, -0.05) is 6.07 Å². The summed E-state index contributed by atoms with van der Waals surface area (Å²) in [6.07, 6.45) is 2.97. The van der Waals surface area contributed by atoms with Crippen LogP contribution in [-0.4, -0.2) is 74.7 Å². The average Bonchev–Trinajstić information content (AvgIpc) is 3.50. The standard InChI is InChI=1S/C23H34N2O5/c1-14-3-6-17(26)9-18(14)22-7-8-25(13-16-4-5-16)15(2)23(22,30)10-19(20(27)11-22)24-12-21(28)29/h3,6,9,15-16,19-20,24,26-27,30H,4-5,7-8,10-13H2,1-2H3,(H,28,29)/t15?,19?,20?,22-,23?/m1/s1. The Morgan fingerprint density at radius 3 is 2.70 bits per heavy atom. The second kappa shape index (κ2) is 7.79. The van der Waals surface area contributed by atoms with Crippen molar-refractivity contribution in [1.29, 1.82) is 0 Å². The van der Waals surface area contributed by atoms with Gasteiger partial charge in [0.15, 0.2) is 0 Å². The molecule has 0 bridgehead atoms. The number of carbonyl (C=O) groups is 1. The Bertz CT molecular complexity index is 813. The SMILES string of the molecule is Cc1ccc(O)cc1[C@]12CCN(CC3CC3)C(C)C1(O)CC(NCC(=O)O)C(O)C2. The molecule has 1 saturated heterocycles. The van der Waals surface area contributed by atoms with E-state index >= 15 is 0 Å². The number of carboxylic acid groups (broad SMARTS) is 1. The van der Waals surface area contributed by atoms with Crippen LogP contribution in [0.3, 0.4) is 0 Å². The lowest BCUT2D eigenvalue weighted by Gasteiger charge is -2.62. The molecule has 166 valence electrons. The van der Waals surface area contributed by atoms with Crippen molar-refractivity contribution in [3.63, 3.8) is 0 Å². The summed E-state index contributed by atoms with van der Waals surface area (Å²) in [5.41, 5.74) is 0.0152. The number of aliphatic hydroxyl groups is 2. The fraction of sp³-hybridized carbons (Fsp3) is 0.696. The minimum absolute atomic E-state index is 0.143. The maximum absolute atomic E-state index is 12.3. The van der Waals surface area contributed by atoms with E-state index in [1.54, 1.807) is 12.1 Å². The number of nitrogens with one attached hydrogen (secondary N) is 1. The molecule has 2 aliphatic carbocycles. The molecule has 0 radical (unpaired) electrons. The fourth-order valence-electron chi connectivity index (χ4n) is 5.97. The van der Waals surface area contributed by atoms with E-state index in [0.717, 1.165) is 24.2 Å². The molecule has 1 aromatic carbocycles. The van der Waals surface area contributed by atoms with Crippen LogP contribution in [0.1, 0.15) is 50.2 Å². The van der Waals surface area contributed by atoms with Crippen LogP contribution < -0.4 is 5.32 Å². The van der Waals surface area contributed by atoms with Gasteiger partial charge >= 0.3 is 5.97 Å². The molecule has 0 amide bonds. The monoisotopic (exact) mass is 418 g/mol. The molecule has 1 aliphatic heterocycles. The summed E-state index contributed by atoms with van der Waals surface area (Å²) >= 11 is 0. The molecular weight excluding hydrogens is 384 g/mol. The molecule has 3 fully saturated rings. The Morgan fingerprint density at radius 2 is 2.03 bits per heavy atom. The summed E-state index contributed by atoms with van der Waals surface area (Å²) in [7, 11) is 0. The van der Waals surface area contributed by atoms with Crippen molar-refractivity contribution in [1.82, 2.24) is 10.2 Å². The van der Waals surface area contributed by atoms with Crippen LogP contribution in [0.2, 0.25) is 0 Å². The highest BCUT2D eigenvalue weighted by Crippen LogP contribution is 2.55. The number of hydrogen-bond acceptors (Lipinski definition) is 6. The normalized spacial score (nSPS) is 37.0. The molecule has 7 nitrogen and oxygen atoms in total. The zero-order chi connectivity index (χ0) is 21.7. The van der Waals surface area contributed by atoms with Crippen LogP contribution in [0, 0.1) is 12.8 Å². The summed E-state index contributed by atoms with van der Waals surface area (Å²) in [5.74, 6) is -0.135. The Morgan fingerprint density at radius 1 is 1.30 bits per heavy atom. The molecule has 5 atom stereocenters. The molecule has 3 aliphatic rings. The molecule has 1 aromatic rings. The van der Waals surface area contributed by atoms with Gasteiger partial charge in [0, 0.05) is 24.0 Å². The number of hydrogen-bond donors (Lipinski definition) is 5. The Labute approximate surface area is 177 Å². The van der Waals surface area contributed by atoms with Crippen LogP contribution >= 0.6 is 0 Å². The van der Waals surface area contributed by atoms with Crippen molar-refractivity contribution >= 4 is 5.97 Å². The Hall–Kier alpha value is -1.67. The van der Waals surface area contributed by atoms with Crippen LogP contribution in [0.25, 0.3) is 0 Å². The van der Waals surface area contributed by atoms with Gasteiger partial charge in [-0.15, -0.1) is 0 Å². The lowest BCUT2D eigenvalue weighted by Crippen LogP contribution is -2.73. The van der Waals surface area contributed by atoms with Crippen LogP contribution in [0.5, 0.6) is 5.75 Å². The van der Waals surface area contributed by atoms with Gasteiger partial charge in [0.25, 0.3) is 0 Å². The second-order valence-electron chi connectivity index (χ2n) is 9.73. The van der Waals surface area contributed by atoms with Gasteiger partial charge < -0.3 is 25.7 Å². The van der Waals surface area contributed by atoms with Crippen molar-refractivity contribution in [2.45, 2.75) is 75.2 Å². The largest absolute Gasteiger partial charge is 0.508 e. The van der Waals surface area contributed by atoms with E-state index in [9.17, 15) is 20.1 Å². The highest BCUT2D eigenvalue weighted by atomic mass is 16.4. The molecular formula is C23H34N2O5. The summed E-state index contributed by atoms with van der Waals surface area (Å²) in [6.45, 7) is 5.58. The van der Waals surface area contributed by atoms with Gasteiger partial charge in [-0.2, -0.15) is 0 Å². The minimum atomic E-state index is -1.16. The molecule has 0 spiro atoms. The molecule has 0 aromatic heterocycles. The van der Waals surface area contributed by atoms with E-state index < -0.39 is 29.1 Å². The first kappa shape index (κ1) is 21.6. The van der Waals surface area contributed by atoms with Gasteiger partial charge in [0.2, 0.25) is 0 Å². The number of fused-ring (bicyclic) bond motifs is 1. The number of likely N-dealkylation sites (tertiary alicyclic amines) is 1. The number of benzene rings is 1. The maximum atomic E-state index is 12.3. The smallest absolute Gasteiger partial charge is 0.317 e. The topological polar surface area (TPSA) is 113 Å². The van der Waals surface area contributed by atoms with E-state index in [4.69, 9.17) is 5.11 Å². The van der Waals surface area contributed by atoms with E-state index in [-0.39, 0.29) is 24.8 Å². The van der Waals surface area contributed by atoms with E-state index in [1.165, 1.54) is 12.8 Å². The highest BCUT2D eigenvalue weighted by Gasteiger charge is 2.63. The quantitative estimate of drug-likeness (QED) is 0.474. The van der Waals surface area contributed by atoms with Crippen LogP contribution in [-0.2, 0) is 10.2 Å². The number of aryl methyl sites for hydroxylation is 1. The van der Waals surface area contributed by atoms with Gasteiger partial charge in [-0.3, -0.25) is 9.69 Å². The van der Waals surface area contributed by atoms with Crippen LogP contribution in [0.4, 0.5) is 0 Å². The van der Waals surface area contributed by atoms with Crippen molar-refractivity contribution in [2.24, 2.45) is 5.92 Å². The van der Waals surface area contributed by atoms with E-state index in [0.29, 0.717) is 18.8 Å². The number of aliphatic carboxylic acids is 1. The Kier molecular flexibility index (Phi) is 5.60. The van der Waals surface area contributed by atoms with Crippen LogP contribution in [0.15, 0.2) is 18.2 Å². The first-order valence-electron chi connectivity index (χ1n) is 11.1. The number of aliphatic hydroxyl groups excluding tert-OH is 1. The predicted octanol–water partition coefficient (Wildman–Crippen LogP) is 1.37. The third kappa shape index (κ3) is 3.62. The summed E-state index contributed by atoms with van der Waals surface area (Å²) < 4.78 is 0. The van der Waals surface area contributed by atoms with Gasteiger partial charge in [0.1, 0.15) is 5.75 Å². The van der Waals surface area contributed by atoms with Gasteiger partial charge in [-0.05, 0) is 81.7 Å². The van der Waals surface area contributed by atoms with Crippen molar-refractivity contribution in [3.05, 3.63) is 29.3 Å². The first-order valence-corrected chi connectivity index (χ1v) is 11.1. The summed E-state index contributed by atoms with van der Waals surface area (Å²) in [4.78, 5) is 13.4. The number of aromatic hydroxyl groups is 1. The summed E-state index contributed by atoms with van der Waals surface area (Å²) in [5, 5.41) is 45.5. The number of nitrogens with zero attached hydrogens (tertiary/aromatic N) is 1. The lowest BCUT2D eigenvalue weighted by atomic mass is 9.52. The number of piperidine rings is 1. The fourth-order valence-corrected chi connectivity index (χ4v) is 5.97. The molecule has 7 heteroatoms. The third-order valence-corrected chi connectivity index (χ3v) is 7.89. The minimum Gasteiger partial charge on any atom is -0.508 e. The number of phenols is 1. The Balaban J connectivity index is 1.74. The lowest BCUT2D eigenvalue weighted by molar-refractivity contribution is -0.180. The number of carboxylic acids is 1. The molecule has 30 heavy (non-hydrogen) atoms. The van der Waals surface area contributed by atoms with Gasteiger partial charge in [0.05, 0.1) is 18.2 Å². The maximum Gasteiger partial charge on any atom is 0.317 e. The predicted molar refractivity (Wildman–Crippen MR) is 113 cm³/mol. The molecule has 4 unspecified atom stereocenters. The molecule has 1 heterocycles. The zero-order valence-corrected chi connectivity index (χ0v) is 17.8. The molecule has 5 N–H and O–H groups in total. The van der Waals surface area contributed by atoms with Crippen molar-refractivity contribution in [3.8, 4) is 5.75 Å². The second-order valence-corrected chi connectivity index (χ2v) is 9.73. The number of rotatable bonds is 6. The first-order chi connectivity index (χ1) is 14.2. The third-order valence-electron chi connectivity index (χ3n) is 7.89. The average molecular weight is 419 g/mol. The van der Waals surface area contributed by atoms with Gasteiger partial charge in [-0.25, -0.2) is 0 Å². The molecule has 2 saturated carbocycles. The molecule has 4 rings (SSSR count).